The molecular formula is C16H18N2O3. The number of ether oxygens (including phenoxy) is 1. The smallest absolute Gasteiger partial charge is 0.257 e. The molecule has 4 N–H and O–H groups in total. The lowest BCUT2D eigenvalue weighted by molar-refractivity contribution is -0.124. The first-order chi connectivity index (χ1) is 10.1. The van der Waals surface area contributed by atoms with Crippen molar-refractivity contribution in [3.63, 3.8) is 0 Å². The molecule has 0 fully saturated rings. The van der Waals surface area contributed by atoms with Gasteiger partial charge in [-0.1, -0.05) is 24.3 Å². The standard InChI is InChI=1S/C16H18N2O3/c1-21-14-4-2-3-12(9-14)15(19)16(20)18-13-7-5-11(10-17)6-8-13/h2-9,15,19H,10,17H2,1H3,(H,18,20). The third kappa shape index (κ3) is 3.81. The van der Waals surface area contributed by atoms with E-state index in [9.17, 15) is 9.90 Å². The largest absolute Gasteiger partial charge is 0.497 e. The summed E-state index contributed by atoms with van der Waals surface area (Å²) in [5.74, 6) is 0.0930. The van der Waals surface area contributed by atoms with Crippen LogP contribution in [0.2, 0.25) is 0 Å². The zero-order valence-electron chi connectivity index (χ0n) is 11.7. The van der Waals surface area contributed by atoms with Crippen LogP contribution in [0.15, 0.2) is 48.5 Å². The van der Waals surface area contributed by atoms with Gasteiger partial charge in [-0.25, -0.2) is 0 Å². The highest BCUT2D eigenvalue weighted by Crippen LogP contribution is 2.20. The first-order valence-corrected chi connectivity index (χ1v) is 6.56. The molecule has 0 heterocycles. The molecule has 5 heteroatoms. The Hall–Kier alpha value is -2.37. The van der Waals surface area contributed by atoms with Gasteiger partial charge in [0.2, 0.25) is 0 Å². The van der Waals surface area contributed by atoms with Gasteiger partial charge in [0.05, 0.1) is 7.11 Å². The van der Waals surface area contributed by atoms with Crippen molar-refractivity contribution in [1.29, 1.82) is 0 Å². The molecule has 0 radical (unpaired) electrons. The summed E-state index contributed by atoms with van der Waals surface area (Å²) < 4.78 is 5.07. The summed E-state index contributed by atoms with van der Waals surface area (Å²) in [6.07, 6.45) is -1.26. The number of nitrogens with one attached hydrogen (secondary N) is 1. The van der Waals surface area contributed by atoms with Crippen molar-refractivity contribution in [3.05, 3.63) is 59.7 Å². The zero-order valence-corrected chi connectivity index (χ0v) is 11.7. The molecule has 21 heavy (non-hydrogen) atoms. The number of anilines is 1. The van der Waals surface area contributed by atoms with Crippen LogP contribution in [0.1, 0.15) is 17.2 Å². The molecule has 0 aliphatic heterocycles. The number of benzene rings is 2. The van der Waals surface area contributed by atoms with E-state index < -0.39 is 12.0 Å². The number of nitrogens with two attached hydrogens (primary N) is 1. The average Bonchev–Trinajstić information content (AvgIpc) is 2.54. The first kappa shape index (κ1) is 15.0. The van der Waals surface area contributed by atoms with Gasteiger partial charge in [0.25, 0.3) is 5.91 Å². The predicted molar refractivity (Wildman–Crippen MR) is 80.9 cm³/mol. The summed E-state index contributed by atoms with van der Waals surface area (Å²) in [7, 11) is 1.53. The van der Waals surface area contributed by atoms with Gasteiger partial charge >= 0.3 is 0 Å². The maximum absolute atomic E-state index is 12.0. The lowest BCUT2D eigenvalue weighted by Gasteiger charge is -2.13. The number of hydrogen-bond donors (Lipinski definition) is 3. The minimum atomic E-state index is -1.26. The molecule has 2 aromatic rings. The highest BCUT2D eigenvalue weighted by molar-refractivity contribution is 5.94. The van der Waals surface area contributed by atoms with Gasteiger partial charge < -0.3 is 20.9 Å². The molecule has 0 saturated carbocycles. The molecule has 0 spiro atoms. The maximum atomic E-state index is 12.0. The van der Waals surface area contributed by atoms with Gasteiger partial charge in [-0.15, -0.1) is 0 Å². The number of carbonyl (C=O) groups excluding carboxylic acids is 1. The van der Waals surface area contributed by atoms with Crippen LogP contribution in [-0.2, 0) is 11.3 Å². The van der Waals surface area contributed by atoms with Crippen LogP contribution in [0.4, 0.5) is 5.69 Å². The van der Waals surface area contributed by atoms with Crippen molar-refractivity contribution in [2.24, 2.45) is 5.73 Å². The quantitative estimate of drug-likeness (QED) is 0.783. The van der Waals surface area contributed by atoms with E-state index in [1.54, 1.807) is 36.4 Å². The molecule has 5 nitrogen and oxygen atoms in total. The SMILES string of the molecule is COc1cccc(C(O)C(=O)Nc2ccc(CN)cc2)c1. The van der Waals surface area contributed by atoms with Crippen LogP contribution in [0.3, 0.4) is 0 Å². The third-order valence-electron chi connectivity index (χ3n) is 3.12. The van der Waals surface area contributed by atoms with E-state index in [1.165, 1.54) is 7.11 Å². The Labute approximate surface area is 123 Å². The maximum Gasteiger partial charge on any atom is 0.257 e. The third-order valence-corrected chi connectivity index (χ3v) is 3.12. The zero-order chi connectivity index (χ0) is 15.2. The lowest BCUT2D eigenvalue weighted by Crippen LogP contribution is -2.20. The van der Waals surface area contributed by atoms with Gasteiger partial charge in [-0.3, -0.25) is 4.79 Å². The molecule has 1 unspecified atom stereocenters. The van der Waals surface area contributed by atoms with Crippen molar-refractivity contribution < 1.29 is 14.6 Å². The van der Waals surface area contributed by atoms with Crippen LogP contribution in [-0.4, -0.2) is 18.1 Å². The number of aliphatic hydroxyl groups excluding tert-OH is 1. The number of hydrogen-bond acceptors (Lipinski definition) is 4. The molecule has 2 aromatic carbocycles. The first-order valence-electron chi connectivity index (χ1n) is 6.56. The molecule has 0 aliphatic carbocycles. The van der Waals surface area contributed by atoms with E-state index in [-0.39, 0.29) is 0 Å². The minimum Gasteiger partial charge on any atom is -0.497 e. The fraction of sp³-hybridized carbons (Fsp3) is 0.188. The molecule has 0 aromatic heterocycles. The van der Waals surface area contributed by atoms with Crippen LogP contribution in [0.5, 0.6) is 5.75 Å². The van der Waals surface area contributed by atoms with Crippen LogP contribution >= 0.6 is 0 Å². The summed E-state index contributed by atoms with van der Waals surface area (Å²) in [6.45, 7) is 0.445. The highest BCUT2D eigenvalue weighted by Gasteiger charge is 2.17. The number of methoxy groups -OCH3 is 1. The van der Waals surface area contributed by atoms with Crippen molar-refractivity contribution in [1.82, 2.24) is 0 Å². The minimum absolute atomic E-state index is 0.445. The summed E-state index contributed by atoms with van der Waals surface area (Å²) in [5.41, 5.74) is 7.57. The van der Waals surface area contributed by atoms with Crippen molar-refractivity contribution >= 4 is 11.6 Å². The second-order valence-corrected chi connectivity index (χ2v) is 4.57. The van der Waals surface area contributed by atoms with E-state index >= 15 is 0 Å². The fourth-order valence-electron chi connectivity index (χ4n) is 1.90. The molecule has 110 valence electrons. The van der Waals surface area contributed by atoms with Crippen LogP contribution in [0.25, 0.3) is 0 Å². The topological polar surface area (TPSA) is 84.6 Å². The van der Waals surface area contributed by atoms with Crippen LogP contribution < -0.4 is 15.8 Å². The molecule has 1 atom stereocenters. The number of carbonyl (C=O) groups is 1. The highest BCUT2D eigenvalue weighted by atomic mass is 16.5. The van der Waals surface area contributed by atoms with E-state index in [1.807, 2.05) is 12.1 Å². The summed E-state index contributed by atoms with van der Waals surface area (Å²) >= 11 is 0. The molecule has 0 aliphatic rings. The summed E-state index contributed by atoms with van der Waals surface area (Å²) in [5, 5.41) is 12.7. The normalized spacial score (nSPS) is 11.8. The molecule has 0 saturated heterocycles. The van der Waals surface area contributed by atoms with Crippen molar-refractivity contribution in [3.8, 4) is 5.75 Å². The Morgan fingerprint density at radius 3 is 2.62 bits per heavy atom. The summed E-state index contributed by atoms with van der Waals surface area (Å²) in [6, 6.07) is 13.9. The van der Waals surface area contributed by atoms with Crippen LogP contribution in [0, 0.1) is 0 Å². The Morgan fingerprint density at radius 2 is 2.00 bits per heavy atom. The lowest BCUT2D eigenvalue weighted by atomic mass is 10.1. The van der Waals surface area contributed by atoms with Crippen molar-refractivity contribution in [2.45, 2.75) is 12.6 Å². The van der Waals surface area contributed by atoms with Crippen molar-refractivity contribution in [2.75, 3.05) is 12.4 Å². The van der Waals surface area contributed by atoms with Gasteiger partial charge in [0.15, 0.2) is 6.10 Å². The second-order valence-electron chi connectivity index (χ2n) is 4.57. The monoisotopic (exact) mass is 286 g/mol. The van der Waals surface area contributed by atoms with Gasteiger partial charge in [0, 0.05) is 12.2 Å². The molecule has 2 rings (SSSR count). The number of amides is 1. The number of aliphatic hydroxyl groups is 1. The van der Waals surface area contributed by atoms with Gasteiger partial charge in [-0.2, -0.15) is 0 Å². The Kier molecular flexibility index (Phi) is 4.92. The Balaban J connectivity index is 2.07. The fourth-order valence-corrected chi connectivity index (χ4v) is 1.90. The van der Waals surface area contributed by atoms with Gasteiger partial charge in [0.1, 0.15) is 5.75 Å². The van der Waals surface area contributed by atoms with E-state index in [4.69, 9.17) is 10.5 Å². The molecule has 0 bridgehead atoms. The number of rotatable bonds is 5. The Bertz CT molecular complexity index is 611. The summed E-state index contributed by atoms with van der Waals surface area (Å²) in [4.78, 5) is 12.0. The Morgan fingerprint density at radius 1 is 1.29 bits per heavy atom. The van der Waals surface area contributed by atoms with E-state index in [2.05, 4.69) is 5.32 Å². The molecule has 1 amide bonds. The van der Waals surface area contributed by atoms with E-state index in [0.717, 1.165) is 5.56 Å². The molecular weight excluding hydrogens is 268 g/mol. The van der Waals surface area contributed by atoms with E-state index in [0.29, 0.717) is 23.5 Å². The van der Waals surface area contributed by atoms with Gasteiger partial charge in [-0.05, 0) is 35.4 Å². The second kappa shape index (κ2) is 6.88. The average molecular weight is 286 g/mol. The predicted octanol–water partition coefficient (Wildman–Crippen LogP) is 1.83.